The molecule has 1 aliphatic heterocycles. The van der Waals surface area contributed by atoms with Crippen LogP contribution < -0.4 is 10.6 Å². The number of nitrogens with zero attached hydrogens (tertiary/aromatic N) is 4. The smallest absolute Gasteiger partial charge is 0.276 e. The van der Waals surface area contributed by atoms with Gasteiger partial charge >= 0.3 is 0 Å². The molecule has 2 aliphatic rings. The largest absolute Gasteiger partial charge is 0.341 e. The summed E-state index contributed by atoms with van der Waals surface area (Å²) in [5.41, 5.74) is 0.980. The van der Waals surface area contributed by atoms with Gasteiger partial charge in [0.1, 0.15) is 17.6 Å². The third-order valence-electron chi connectivity index (χ3n) is 9.94. The monoisotopic (exact) mass is 658 g/mol. The van der Waals surface area contributed by atoms with Gasteiger partial charge in [-0.1, -0.05) is 50.9 Å². The van der Waals surface area contributed by atoms with E-state index in [0.29, 0.717) is 43.2 Å². The number of halogens is 2. The van der Waals surface area contributed by atoms with Gasteiger partial charge in [-0.15, -0.1) is 0 Å². The number of carbonyl (C=O) groups excluding carboxylic acids is 4. The van der Waals surface area contributed by atoms with Crippen molar-refractivity contribution in [3.63, 3.8) is 0 Å². The van der Waals surface area contributed by atoms with Crippen LogP contribution in [0.5, 0.6) is 0 Å². The van der Waals surface area contributed by atoms with Crippen LogP contribution in [0.1, 0.15) is 93.5 Å². The molecule has 1 aliphatic carbocycles. The minimum Gasteiger partial charge on any atom is -0.341 e. The van der Waals surface area contributed by atoms with Crippen molar-refractivity contribution in [2.75, 3.05) is 26.7 Å². The van der Waals surface area contributed by atoms with E-state index in [1.807, 2.05) is 20.9 Å². The van der Waals surface area contributed by atoms with Crippen LogP contribution in [0.4, 0.5) is 8.78 Å². The van der Waals surface area contributed by atoms with E-state index in [4.69, 9.17) is 4.63 Å². The molecule has 1 saturated heterocycles. The molecule has 0 bridgehead atoms. The van der Waals surface area contributed by atoms with Gasteiger partial charge in [0.15, 0.2) is 17.6 Å². The first kappa shape index (κ1) is 36.1. The van der Waals surface area contributed by atoms with E-state index in [1.165, 1.54) is 12.1 Å². The SMILES string of the molecule is CCc1nonc1C(=O)N[C@H](C(=O)Cc1ccc([C@H](C)C(NC(=O)C(C)F)C(=O)N2CCN(C)[C@@H](C)C2)cc1F)C1CCC(C)CC1. The highest BCUT2D eigenvalue weighted by atomic mass is 19.1. The standard InChI is InChI=1S/C34H48F2N6O5/c1-7-27-31(40-47-39-27)33(45)38-30(23-10-8-19(2)9-11-23)28(43)17-25-13-12-24(16-26(25)36)21(4)29(37-32(44)22(5)35)34(46)42-15-14-41(6)20(3)18-42/h12-13,16,19-23,29-30H,7-11,14-15,17-18H2,1-6H3,(H,37,44)(H,38,45)/t19?,20-,21-,22?,23?,29?,30-/m0/s1. The summed E-state index contributed by atoms with van der Waals surface area (Å²) in [5.74, 6) is -3.10. The van der Waals surface area contributed by atoms with E-state index >= 15 is 4.39 Å². The first-order chi connectivity index (χ1) is 22.3. The number of alkyl halides is 1. The Morgan fingerprint density at radius 3 is 2.36 bits per heavy atom. The molecule has 13 heteroatoms. The van der Waals surface area contributed by atoms with Gasteiger partial charge in [-0.05, 0) is 74.3 Å². The molecule has 5 atom stereocenters. The van der Waals surface area contributed by atoms with Crippen LogP contribution in [-0.2, 0) is 27.2 Å². The third-order valence-corrected chi connectivity index (χ3v) is 9.94. The van der Waals surface area contributed by atoms with Gasteiger partial charge < -0.3 is 20.4 Å². The van der Waals surface area contributed by atoms with Crippen LogP contribution in [0.2, 0.25) is 0 Å². The number of nitrogens with one attached hydrogen (secondary N) is 2. The lowest BCUT2D eigenvalue weighted by Crippen LogP contribution is -2.58. The molecule has 47 heavy (non-hydrogen) atoms. The van der Waals surface area contributed by atoms with Crippen LogP contribution in [0, 0.1) is 17.7 Å². The van der Waals surface area contributed by atoms with Gasteiger partial charge in [-0.3, -0.25) is 19.2 Å². The fourth-order valence-electron chi connectivity index (χ4n) is 6.50. The van der Waals surface area contributed by atoms with Crippen molar-refractivity contribution in [1.29, 1.82) is 0 Å². The number of piperazine rings is 1. The fourth-order valence-corrected chi connectivity index (χ4v) is 6.50. The van der Waals surface area contributed by atoms with Gasteiger partial charge in [0.25, 0.3) is 11.8 Å². The second kappa shape index (κ2) is 15.9. The number of rotatable bonds is 12. The second-order valence-corrected chi connectivity index (χ2v) is 13.4. The molecule has 0 radical (unpaired) electrons. The Labute approximate surface area is 275 Å². The van der Waals surface area contributed by atoms with Gasteiger partial charge in [-0.25, -0.2) is 13.4 Å². The quantitative estimate of drug-likeness (QED) is 0.353. The van der Waals surface area contributed by atoms with Gasteiger partial charge in [0, 0.05) is 38.0 Å². The Kier molecular flexibility index (Phi) is 12.2. The highest BCUT2D eigenvalue weighted by molar-refractivity contribution is 5.97. The van der Waals surface area contributed by atoms with Crippen molar-refractivity contribution < 1.29 is 32.6 Å². The van der Waals surface area contributed by atoms with E-state index in [-0.39, 0.29) is 41.3 Å². The van der Waals surface area contributed by atoms with Crippen LogP contribution in [0.15, 0.2) is 22.8 Å². The van der Waals surface area contributed by atoms with Crippen molar-refractivity contribution in [3.8, 4) is 0 Å². The highest BCUT2D eigenvalue weighted by Gasteiger charge is 2.37. The number of Topliss-reactive ketones (excluding diaryl/α,β-unsaturated/α-hetero) is 1. The Bertz CT molecular complexity index is 1430. The van der Waals surface area contributed by atoms with Crippen LogP contribution >= 0.6 is 0 Å². The summed E-state index contributed by atoms with van der Waals surface area (Å²) in [6.07, 6.45) is 1.68. The summed E-state index contributed by atoms with van der Waals surface area (Å²) in [7, 11) is 1.97. The van der Waals surface area contributed by atoms with E-state index in [2.05, 4.69) is 32.8 Å². The summed E-state index contributed by atoms with van der Waals surface area (Å²) in [4.78, 5) is 56.8. The molecular formula is C34H48F2N6O5. The number of ketones is 1. The van der Waals surface area contributed by atoms with Crippen LogP contribution in [-0.4, -0.2) is 94.6 Å². The molecule has 3 amide bonds. The maximum atomic E-state index is 15.7. The predicted molar refractivity (Wildman–Crippen MR) is 171 cm³/mol. The minimum absolute atomic E-state index is 0.0309. The number of aryl methyl sites for hydroxylation is 1. The third kappa shape index (κ3) is 8.79. The predicted octanol–water partition coefficient (Wildman–Crippen LogP) is 3.62. The lowest BCUT2D eigenvalue weighted by atomic mass is 9.77. The van der Waals surface area contributed by atoms with E-state index < -0.39 is 41.8 Å². The molecule has 2 N–H and O–H groups in total. The van der Waals surface area contributed by atoms with Crippen LogP contribution in [0.25, 0.3) is 0 Å². The first-order valence-electron chi connectivity index (χ1n) is 16.7. The maximum Gasteiger partial charge on any atom is 0.276 e. The number of aromatic nitrogens is 2. The first-order valence-corrected chi connectivity index (χ1v) is 16.7. The molecule has 11 nitrogen and oxygen atoms in total. The maximum absolute atomic E-state index is 15.7. The van der Waals surface area contributed by atoms with Crippen molar-refractivity contribution in [1.82, 2.24) is 30.7 Å². The van der Waals surface area contributed by atoms with Gasteiger partial charge in [-0.2, -0.15) is 0 Å². The minimum atomic E-state index is -1.83. The summed E-state index contributed by atoms with van der Waals surface area (Å²) in [6, 6.07) is 2.52. The van der Waals surface area contributed by atoms with Gasteiger partial charge in [0.05, 0.1) is 6.04 Å². The fraction of sp³-hybridized carbons (Fsp3) is 0.647. The molecule has 2 fully saturated rings. The summed E-state index contributed by atoms with van der Waals surface area (Å²) >= 11 is 0. The van der Waals surface area contributed by atoms with Crippen molar-refractivity contribution >= 4 is 23.5 Å². The highest BCUT2D eigenvalue weighted by Crippen LogP contribution is 2.32. The van der Waals surface area contributed by atoms with E-state index in [0.717, 1.165) is 32.6 Å². The number of hydrogen-bond donors (Lipinski definition) is 2. The number of carbonyl (C=O) groups is 4. The van der Waals surface area contributed by atoms with Gasteiger partial charge in [0.2, 0.25) is 5.91 Å². The van der Waals surface area contributed by atoms with E-state index in [1.54, 1.807) is 17.9 Å². The lowest BCUT2D eigenvalue weighted by Gasteiger charge is -2.40. The number of likely N-dealkylation sites (N-methyl/N-ethyl adjacent to an activating group) is 1. The average molecular weight is 659 g/mol. The molecule has 2 unspecified atom stereocenters. The van der Waals surface area contributed by atoms with Crippen molar-refractivity contribution in [2.45, 2.75) is 103 Å². The number of amides is 3. The van der Waals surface area contributed by atoms with Crippen LogP contribution in [0.3, 0.4) is 0 Å². The zero-order chi connectivity index (χ0) is 34.4. The Morgan fingerprint density at radius 1 is 1.04 bits per heavy atom. The average Bonchev–Trinajstić information content (AvgIpc) is 3.53. The molecule has 4 rings (SSSR count). The Morgan fingerprint density at radius 2 is 1.74 bits per heavy atom. The number of hydrogen-bond acceptors (Lipinski definition) is 8. The molecule has 258 valence electrons. The Hall–Kier alpha value is -3.74. The zero-order valence-corrected chi connectivity index (χ0v) is 28.2. The lowest BCUT2D eigenvalue weighted by molar-refractivity contribution is -0.140. The van der Waals surface area contributed by atoms with Crippen molar-refractivity contribution in [3.05, 3.63) is 46.5 Å². The topological polar surface area (TPSA) is 138 Å². The molecule has 2 heterocycles. The summed E-state index contributed by atoms with van der Waals surface area (Å²) < 4.78 is 34.4. The van der Waals surface area contributed by atoms with Crippen molar-refractivity contribution in [2.24, 2.45) is 11.8 Å². The molecular weight excluding hydrogens is 610 g/mol. The molecule has 1 saturated carbocycles. The second-order valence-electron chi connectivity index (χ2n) is 13.4. The normalized spacial score (nSPS) is 23.0. The summed E-state index contributed by atoms with van der Waals surface area (Å²) in [5, 5.41) is 12.9. The molecule has 1 aromatic heterocycles. The number of benzene rings is 1. The molecule has 0 spiro atoms. The zero-order valence-electron chi connectivity index (χ0n) is 28.2. The van der Waals surface area contributed by atoms with E-state index in [9.17, 15) is 23.6 Å². The molecule has 1 aromatic carbocycles. The Balaban J connectivity index is 1.53. The summed E-state index contributed by atoms with van der Waals surface area (Å²) in [6.45, 7) is 10.3. The molecule has 2 aromatic rings.